The van der Waals surface area contributed by atoms with E-state index in [4.69, 9.17) is 14.6 Å². The Bertz CT molecular complexity index is 1450. The molecule has 2 aliphatic rings. The Morgan fingerprint density at radius 1 is 1.00 bits per heavy atom. The number of aryl methyl sites for hydroxylation is 2. The monoisotopic (exact) mass is 542 g/mol. The van der Waals surface area contributed by atoms with Crippen LogP contribution in [0.5, 0.6) is 11.5 Å². The van der Waals surface area contributed by atoms with E-state index in [1.165, 1.54) is 30.0 Å². The number of amides is 2. The molecule has 2 aliphatic heterocycles. The van der Waals surface area contributed by atoms with Crippen molar-refractivity contribution >= 4 is 40.1 Å². The van der Waals surface area contributed by atoms with Crippen molar-refractivity contribution in [2.75, 3.05) is 19.5 Å². The van der Waals surface area contributed by atoms with Crippen molar-refractivity contribution < 1.29 is 19.1 Å². The van der Waals surface area contributed by atoms with Gasteiger partial charge in [0, 0.05) is 18.9 Å². The van der Waals surface area contributed by atoms with E-state index < -0.39 is 5.25 Å². The minimum absolute atomic E-state index is 0.0333. The second kappa shape index (κ2) is 11.3. The molecule has 3 aromatic carbocycles. The highest BCUT2D eigenvalue weighted by Gasteiger charge is 2.39. The number of benzene rings is 3. The first kappa shape index (κ1) is 26.5. The van der Waals surface area contributed by atoms with Crippen LogP contribution in [-0.4, -0.2) is 47.2 Å². The molecule has 5 rings (SSSR count). The first-order valence-electron chi connectivity index (χ1n) is 12.7. The molecule has 0 aliphatic carbocycles. The predicted molar refractivity (Wildman–Crippen MR) is 155 cm³/mol. The lowest BCUT2D eigenvalue weighted by Crippen LogP contribution is -2.25. The molecule has 8 nitrogen and oxygen atoms in total. The lowest BCUT2D eigenvalue weighted by atomic mass is 9.97. The molecule has 0 aromatic heterocycles. The third kappa shape index (κ3) is 5.83. The SMILES string of the molecule is COc1ccc(OC)c(NC(=O)C[C@@H]2SC(N3N=C(c4ccc(C)cc4)C[C@H]3c3ccc(C)cc3)=NC2=O)c1. The summed E-state index contributed by atoms with van der Waals surface area (Å²) in [5.41, 5.74) is 5.89. The van der Waals surface area contributed by atoms with Gasteiger partial charge in [-0.2, -0.15) is 10.1 Å². The summed E-state index contributed by atoms with van der Waals surface area (Å²) in [7, 11) is 3.08. The number of hydrazone groups is 1. The van der Waals surface area contributed by atoms with Gasteiger partial charge in [-0.25, -0.2) is 5.01 Å². The molecule has 39 heavy (non-hydrogen) atoms. The van der Waals surface area contributed by atoms with E-state index in [2.05, 4.69) is 72.7 Å². The fourth-order valence-corrected chi connectivity index (χ4v) is 5.60. The van der Waals surface area contributed by atoms with E-state index in [1.807, 2.05) is 5.01 Å². The Morgan fingerprint density at radius 2 is 1.69 bits per heavy atom. The van der Waals surface area contributed by atoms with Gasteiger partial charge >= 0.3 is 0 Å². The number of nitrogens with zero attached hydrogens (tertiary/aromatic N) is 3. The number of hydrogen-bond acceptors (Lipinski definition) is 7. The van der Waals surface area contributed by atoms with E-state index in [0.717, 1.165) is 16.8 Å². The van der Waals surface area contributed by atoms with Crippen molar-refractivity contribution in [2.45, 2.75) is 38.0 Å². The Morgan fingerprint density at radius 3 is 2.36 bits per heavy atom. The van der Waals surface area contributed by atoms with E-state index in [1.54, 1.807) is 25.3 Å². The molecule has 0 unspecified atom stereocenters. The summed E-state index contributed by atoms with van der Waals surface area (Å²) in [6, 6.07) is 21.6. The van der Waals surface area contributed by atoms with Crippen molar-refractivity contribution in [3.05, 3.63) is 89.0 Å². The molecule has 0 spiro atoms. The largest absolute Gasteiger partial charge is 0.497 e. The van der Waals surface area contributed by atoms with Crippen molar-refractivity contribution in [1.29, 1.82) is 0 Å². The third-order valence-corrected chi connectivity index (χ3v) is 7.88. The van der Waals surface area contributed by atoms with E-state index in [-0.39, 0.29) is 24.3 Å². The topological polar surface area (TPSA) is 92.6 Å². The number of aliphatic imine (C=N–C) groups is 1. The Kier molecular flexibility index (Phi) is 7.70. The smallest absolute Gasteiger partial charge is 0.262 e. The van der Waals surface area contributed by atoms with Crippen LogP contribution >= 0.6 is 11.8 Å². The first-order valence-corrected chi connectivity index (χ1v) is 13.5. The number of thioether (sulfide) groups is 1. The van der Waals surface area contributed by atoms with Crippen molar-refractivity contribution in [2.24, 2.45) is 10.1 Å². The van der Waals surface area contributed by atoms with Crippen molar-refractivity contribution in [3.63, 3.8) is 0 Å². The summed E-state index contributed by atoms with van der Waals surface area (Å²) < 4.78 is 10.6. The standard InChI is InChI=1S/C30H30N4O4S/c1-18-5-9-20(10-6-18)23-16-25(21-11-7-19(2)8-12-21)34(33-23)30-32-29(36)27(39-30)17-28(35)31-24-15-22(37-3)13-14-26(24)38-4/h5-15,25,27H,16-17H2,1-4H3,(H,31,35)/t25-,27-/m0/s1. The van der Waals surface area contributed by atoms with Gasteiger partial charge in [0.15, 0.2) is 5.17 Å². The maximum absolute atomic E-state index is 12.9. The highest BCUT2D eigenvalue weighted by Crippen LogP contribution is 2.39. The van der Waals surface area contributed by atoms with E-state index in [0.29, 0.717) is 28.8 Å². The number of anilines is 1. The molecular formula is C30H30N4O4S. The zero-order valence-electron chi connectivity index (χ0n) is 22.3. The van der Waals surface area contributed by atoms with E-state index >= 15 is 0 Å². The molecule has 2 atom stereocenters. The number of methoxy groups -OCH3 is 2. The number of carbonyl (C=O) groups excluding carboxylic acids is 2. The zero-order chi connectivity index (χ0) is 27.5. The lowest BCUT2D eigenvalue weighted by Gasteiger charge is -2.23. The molecule has 200 valence electrons. The molecule has 2 amide bonds. The van der Waals surface area contributed by atoms with Gasteiger partial charge in [-0.1, -0.05) is 71.4 Å². The molecule has 1 N–H and O–H groups in total. The summed E-state index contributed by atoms with van der Waals surface area (Å²) >= 11 is 1.28. The highest BCUT2D eigenvalue weighted by molar-refractivity contribution is 8.15. The number of hydrogen-bond donors (Lipinski definition) is 1. The highest BCUT2D eigenvalue weighted by atomic mass is 32.2. The van der Waals surface area contributed by atoms with Crippen LogP contribution in [0.3, 0.4) is 0 Å². The zero-order valence-corrected chi connectivity index (χ0v) is 23.1. The van der Waals surface area contributed by atoms with Crippen molar-refractivity contribution in [1.82, 2.24) is 5.01 Å². The fraction of sp³-hybridized carbons (Fsp3) is 0.267. The van der Waals surface area contributed by atoms with E-state index in [9.17, 15) is 9.59 Å². The minimum Gasteiger partial charge on any atom is -0.497 e. The molecule has 0 bridgehead atoms. The number of amidine groups is 1. The number of rotatable bonds is 7. The van der Waals surface area contributed by atoms with Crippen LogP contribution in [0.1, 0.15) is 41.1 Å². The molecule has 9 heteroatoms. The van der Waals surface area contributed by atoms with Gasteiger partial charge in [0.25, 0.3) is 5.91 Å². The van der Waals surface area contributed by atoms with Crippen LogP contribution < -0.4 is 14.8 Å². The average Bonchev–Trinajstić information content (AvgIpc) is 3.53. The van der Waals surface area contributed by atoms with Gasteiger partial charge in [0.2, 0.25) is 5.91 Å². The molecule has 2 heterocycles. The molecule has 0 radical (unpaired) electrons. The van der Waals surface area contributed by atoms with Crippen molar-refractivity contribution in [3.8, 4) is 11.5 Å². The first-order chi connectivity index (χ1) is 18.8. The minimum atomic E-state index is -0.645. The Labute approximate surface area is 232 Å². The van der Waals surface area contributed by atoms with Gasteiger partial charge in [0.1, 0.15) is 16.7 Å². The summed E-state index contributed by atoms with van der Waals surface area (Å²) in [5.74, 6) is 0.428. The predicted octanol–water partition coefficient (Wildman–Crippen LogP) is 5.50. The second-order valence-electron chi connectivity index (χ2n) is 9.55. The molecule has 3 aromatic rings. The normalized spacial score (nSPS) is 18.6. The maximum Gasteiger partial charge on any atom is 0.262 e. The summed E-state index contributed by atoms with van der Waals surface area (Å²) in [6.45, 7) is 4.11. The van der Waals surface area contributed by atoms with Gasteiger partial charge in [0.05, 0.1) is 31.7 Å². The van der Waals surface area contributed by atoms with Crippen LogP contribution in [-0.2, 0) is 9.59 Å². The van der Waals surface area contributed by atoms with Gasteiger partial charge in [-0.15, -0.1) is 0 Å². The number of carbonyl (C=O) groups is 2. The molecule has 0 saturated heterocycles. The number of ether oxygens (including phenoxy) is 2. The van der Waals surface area contributed by atoms with Crippen LogP contribution in [0.25, 0.3) is 0 Å². The quantitative estimate of drug-likeness (QED) is 0.424. The molecule has 0 fully saturated rings. The Hall–Kier alpha value is -4.11. The van der Waals surface area contributed by atoms with Crippen LogP contribution in [0.15, 0.2) is 76.8 Å². The summed E-state index contributed by atoms with van der Waals surface area (Å²) in [4.78, 5) is 30.2. The number of nitrogens with one attached hydrogen (secondary N) is 1. The second-order valence-corrected chi connectivity index (χ2v) is 10.7. The maximum atomic E-state index is 12.9. The van der Waals surface area contributed by atoms with Crippen LogP contribution in [0.2, 0.25) is 0 Å². The average molecular weight is 543 g/mol. The fourth-order valence-electron chi connectivity index (χ4n) is 4.54. The van der Waals surface area contributed by atoms with Gasteiger partial charge < -0.3 is 14.8 Å². The van der Waals surface area contributed by atoms with Crippen LogP contribution in [0, 0.1) is 13.8 Å². The van der Waals surface area contributed by atoms with Gasteiger partial charge in [-0.3, -0.25) is 9.59 Å². The summed E-state index contributed by atoms with van der Waals surface area (Å²) in [6.07, 6.45) is 0.648. The molecular weight excluding hydrogens is 512 g/mol. The summed E-state index contributed by atoms with van der Waals surface area (Å²) in [5, 5.41) is 9.46. The molecule has 0 saturated carbocycles. The van der Waals surface area contributed by atoms with Gasteiger partial charge in [-0.05, 0) is 37.1 Å². The Balaban J connectivity index is 1.34. The lowest BCUT2D eigenvalue weighted by molar-refractivity contribution is -0.121. The third-order valence-electron chi connectivity index (χ3n) is 6.73. The van der Waals surface area contributed by atoms with Crippen LogP contribution in [0.4, 0.5) is 5.69 Å².